The van der Waals surface area contributed by atoms with E-state index in [1.165, 1.54) is 49.2 Å². The fourth-order valence-corrected chi connectivity index (χ4v) is 9.56. The number of para-hydroxylation sites is 2. The standard InChI is InChI=1S/C60H39NO/c1-3-15-40(16-4-1)41-27-29-42(30-28-41)43-31-33-45(34-32-43)61(44-17-5-2-6-18-44)46-35-36-52-55-37-38-56-53-24-13-14-26-58(53)62-60(56)59(55)54-25-12-11-22-50(54)48-20-8-7-19-47(48)49-21-9-10-23-51(49)57(52)39-46/h1-39H. The van der Waals surface area contributed by atoms with Gasteiger partial charge in [-0.25, -0.2) is 0 Å². The van der Waals surface area contributed by atoms with Gasteiger partial charge in [0, 0.05) is 33.2 Å². The number of hydrogen-bond acceptors (Lipinski definition) is 2. The average molecular weight is 790 g/mol. The van der Waals surface area contributed by atoms with E-state index in [1.54, 1.807) is 0 Å². The molecule has 1 heterocycles. The van der Waals surface area contributed by atoms with Gasteiger partial charge in [-0.3, -0.25) is 0 Å². The first-order valence-corrected chi connectivity index (χ1v) is 21.3. The lowest BCUT2D eigenvalue weighted by Crippen LogP contribution is -2.09. The summed E-state index contributed by atoms with van der Waals surface area (Å²) in [6, 6.07) is 85.6. The molecule has 0 saturated carbocycles. The van der Waals surface area contributed by atoms with Crippen molar-refractivity contribution in [1.29, 1.82) is 0 Å². The summed E-state index contributed by atoms with van der Waals surface area (Å²) in [6.07, 6.45) is 0. The second-order valence-electron chi connectivity index (χ2n) is 16.0. The predicted octanol–water partition coefficient (Wildman–Crippen LogP) is 17.3. The highest BCUT2D eigenvalue weighted by Gasteiger charge is 2.18. The molecule has 0 atom stereocenters. The molecule has 0 spiro atoms. The first kappa shape index (κ1) is 35.7. The van der Waals surface area contributed by atoms with Crippen molar-refractivity contribution >= 4 is 92.9 Å². The maximum Gasteiger partial charge on any atom is 0.143 e. The molecule has 12 aromatic rings. The third kappa shape index (κ3) is 5.96. The van der Waals surface area contributed by atoms with Crippen LogP contribution in [0.4, 0.5) is 17.1 Å². The van der Waals surface area contributed by atoms with Gasteiger partial charge in [0.2, 0.25) is 0 Å². The molecular weight excluding hydrogens is 751 g/mol. The molecule has 290 valence electrons. The fraction of sp³-hybridized carbons (Fsp3) is 0. The van der Waals surface area contributed by atoms with E-state index in [1.807, 2.05) is 0 Å². The van der Waals surface area contributed by atoms with Gasteiger partial charge < -0.3 is 9.32 Å². The van der Waals surface area contributed by atoms with Crippen LogP contribution >= 0.6 is 0 Å². The van der Waals surface area contributed by atoms with Crippen molar-refractivity contribution in [2.75, 3.05) is 4.90 Å². The summed E-state index contributed by atoms with van der Waals surface area (Å²) in [5.41, 5.74) is 9.82. The van der Waals surface area contributed by atoms with Crippen molar-refractivity contribution < 1.29 is 4.42 Å². The SMILES string of the molecule is c1ccc(-c2ccc(-c3ccc(N(c4ccccc4)c4ccc5c(c4)c4ccccc4c4ccccc4c4ccccc4c4c5ccc5c6ccccc6oc54)cc3)cc2)cc1. The minimum atomic E-state index is 0.889. The molecule has 0 bridgehead atoms. The van der Waals surface area contributed by atoms with Crippen molar-refractivity contribution in [3.63, 3.8) is 0 Å². The number of fused-ring (bicyclic) bond motifs is 14. The van der Waals surface area contributed by atoms with E-state index in [2.05, 4.69) is 241 Å². The van der Waals surface area contributed by atoms with Crippen LogP contribution < -0.4 is 4.90 Å². The van der Waals surface area contributed by atoms with Gasteiger partial charge in [0.15, 0.2) is 0 Å². The molecule has 0 aliphatic carbocycles. The molecule has 1 aromatic heterocycles. The van der Waals surface area contributed by atoms with Crippen LogP contribution in [0, 0.1) is 0 Å². The highest BCUT2D eigenvalue weighted by molar-refractivity contribution is 6.31. The molecule has 2 nitrogen and oxygen atoms in total. The van der Waals surface area contributed by atoms with Crippen molar-refractivity contribution in [2.24, 2.45) is 0 Å². The molecule has 2 heteroatoms. The van der Waals surface area contributed by atoms with Gasteiger partial charge in [-0.15, -0.1) is 0 Å². The Morgan fingerprint density at radius 2 is 0.613 bits per heavy atom. The number of anilines is 3. The maximum absolute atomic E-state index is 6.89. The number of benzene rings is 10. The van der Waals surface area contributed by atoms with Crippen LogP contribution in [-0.2, 0) is 0 Å². The summed E-state index contributed by atoms with van der Waals surface area (Å²) in [4.78, 5) is 2.37. The highest BCUT2D eigenvalue weighted by Crippen LogP contribution is 2.44. The Kier molecular flexibility index (Phi) is 8.53. The Morgan fingerprint density at radius 1 is 0.242 bits per heavy atom. The molecule has 62 heavy (non-hydrogen) atoms. The van der Waals surface area contributed by atoms with E-state index in [4.69, 9.17) is 4.42 Å². The van der Waals surface area contributed by atoms with E-state index in [-0.39, 0.29) is 0 Å². The lowest BCUT2D eigenvalue weighted by atomic mass is 9.93. The lowest BCUT2D eigenvalue weighted by Gasteiger charge is -2.26. The molecule has 11 aromatic carbocycles. The molecule has 0 amide bonds. The normalized spacial score (nSPS) is 11.5. The number of nitrogens with zero attached hydrogens (tertiary/aromatic N) is 1. The monoisotopic (exact) mass is 789 g/mol. The van der Waals surface area contributed by atoms with E-state index >= 15 is 0 Å². The second kappa shape index (κ2) is 14.8. The van der Waals surface area contributed by atoms with Crippen molar-refractivity contribution in [1.82, 2.24) is 0 Å². The van der Waals surface area contributed by atoms with Crippen LogP contribution in [0.3, 0.4) is 0 Å². The summed E-state index contributed by atoms with van der Waals surface area (Å²) in [5, 5.41) is 13.8. The van der Waals surface area contributed by atoms with Gasteiger partial charge in [-0.05, 0) is 119 Å². The van der Waals surface area contributed by atoms with Crippen LogP contribution in [-0.4, -0.2) is 0 Å². The maximum atomic E-state index is 6.89. The van der Waals surface area contributed by atoms with E-state index in [9.17, 15) is 0 Å². The van der Waals surface area contributed by atoms with E-state index in [0.717, 1.165) is 65.9 Å². The molecule has 0 radical (unpaired) electrons. The number of hydrogen-bond donors (Lipinski definition) is 0. The number of rotatable bonds is 5. The Labute approximate surface area is 359 Å². The third-order valence-electron chi connectivity index (χ3n) is 12.5. The minimum Gasteiger partial charge on any atom is -0.455 e. The lowest BCUT2D eigenvalue weighted by molar-refractivity contribution is 0.673. The van der Waals surface area contributed by atoms with Gasteiger partial charge >= 0.3 is 0 Å². The summed E-state index contributed by atoms with van der Waals surface area (Å²) in [6.45, 7) is 0. The molecule has 0 aliphatic heterocycles. The molecule has 0 N–H and O–H groups in total. The van der Waals surface area contributed by atoms with Crippen molar-refractivity contribution in [3.05, 3.63) is 237 Å². The Morgan fingerprint density at radius 3 is 1.23 bits per heavy atom. The summed E-state index contributed by atoms with van der Waals surface area (Å²) in [7, 11) is 0. The Balaban J connectivity index is 1.14. The molecule has 0 saturated heterocycles. The Bertz CT molecular complexity index is 3720. The quantitative estimate of drug-likeness (QED) is 0.173. The number of furan rings is 1. The third-order valence-corrected chi connectivity index (χ3v) is 12.5. The van der Waals surface area contributed by atoms with Gasteiger partial charge in [0.1, 0.15) is 11.2 Å². The Hall–Kier alpha value is -8.20. The van der Waals surface area contributed by atoms with Crippen molar-refractivity contribution in [3.8, 4) is 22.3 Å². The zero-order valence-corrected chi connectivity index (χ0v) is 33.9. The molecule has 0 fully saturated rings. The summed E-state index contributed by atoms with van der Waals surface area (Å²) < 4.78 is 6.89. The first-order chi connectivity index (χ1) is 30.8. The first-order valence-electron chi connectivity index (χ1n) is 21.3. The second-order valence-corrected chi connectivity index (χ2v) is 16.0. The molecule has 0 aliphatic rings. The van der Waals surface area contributed by atoms with E-state index in [0.29, 0.717) is 0 Å². The van der Waals surface area contributed by atoms with Crippen LogP contribution in [0.2, 0.25) is 0 Å². The topological polar surface area (TPSA) is 16.4 Å². The molecule has 12 rings (SSSR count). The summed E-state index contributed by atoms with van der Waals surface area (Å²) in [5.74, 6) is 0. The van der Waals surface area contributed by atoms with Crippen LogP contribution in [0.5, 0.6) is 0 Å². The smallest absolute Gasteiger partial charge is 0.143 e. The average Bonchev–Trinajstić information content (AvgIpc) is 3.73. The van der Waals surface area contributed by atoms with Gasteiger partial charge in [0.25, 0.3) is 0 Å². The molecular formula is C60H39NO. The summed E-state index contributed by atoms with van der Waals surface area (Å²) >= 11 is 0. The highest BCUT2D eigenvalue weighted by atomic mass is 16.3. The largest absolute Gasteiger partial charge is 0.455 e. The van der Waals surface area contributed by atoms with Gasteiger partial charge in [0.05, 0.1) is 0 Å². The molecule has 0 unspecified atom stereocenters. The zero-order chi connectivity index (χ0) is 41.0. The zero-order valence-electron chi connectivity index (χ0n) is 33.9. The van der Waals surface area contributed by atoms with Crippen LogP contribution in [0.25, 0.3) is 98.1 Å². The van der Waals surface area contributed by atoms with E-state index < -0.39 is 0 Å². The van der Waals surface area contributed by atoms with Gasteiger partial charge in [-0.1, -0.05) is 188 Å². The van der Waals surface area contributed by atoms with Crippen LogP contribution in [0.1, 0.15) is 0 Å². The van der Waals surface area contributed by atoms with Gasteiger partial charge in [-0.2, -0.15) is 0 Å². The fourth-order valence-electron chi connectivity index (χ4n) is 9.56. The predicted molar refractivity (Wildman–Crippen MR) is 264 cm³/mol. The minimum absolute atomic E-state index is 0.889. The van der Waals surface area contributed by atoms with Crippen LogP contribution in [0.15, 0.2) is 241 Å². The van der Waals surface area contributed by atoms with Crippen molar-refractivity contribution in [2.45, 2.75) is 0 Å².